The van der Waals surface area contributed by atoms with Gasteiger partial charge in [-0.05, 0) is 29.8 Å². The molecule has 0 aromatic heterocycles. The van der Waals surface area contributed by atoms with Crippen LogP contribution in [0.4, 0.5) is 4.39 Å². The van der Waals surface area contributed by atoms with Gasteiger partial charge in [0, 0.05) is 6.54 Å². The molecule has 21 heavy (non-hydrogen) atoms. The Morgan fingerprint density at radius 1 is 0.952 bits per heavy atom. The first-order valence-electron chi connectivity index (χ1n) is 6.56. The summed E-state index contributed by atoms with van der Waals surface area (Å²) in [6.07, 6.45) is 0. The third-order valence-electron chi connectivity index (χ3n) is 3.62. The normalized spacial score (nSPS) is 15.2. The number of benzene rings is 2. The molecular formula is C16H13FN2O2. The number of halogens is 1. The Kier molecular flexibility index (Phi) is 3.27. The van der Waals surface area contributed by atoms with Crippen molar-refractivity contribution in [1.29, 1.82) is 0 Å². The highest BCUT2D eigenvalue weighted by molar-refractivity contribution is 6.21. The average Bonchev–Trinajstić information content (AvgIpc) is 2.76. The first-order valence-corrected chi connectivity index (χ1v) is 6.56. The summed E-state index contributed by atoms with van der Waals surface area (Å²) in [5, 5.41) is 0. The zero-order valence-corrected chi connectivity index (χ0v) is 11.1. The molecule has 0 bridgehead atoms. The number of carbonyl (C=O) groups is 2. The van der Waals surface area contributed by atoms with Crippen LogP contribution in [0.3, 0.4) is 0 Å². The molecule has 0 aliphatic carbocycles. The van der Waals surface area contributed by atoms with Gasteiger partial charge in [-0.25, -0.2) is 4.39 Å². The highest BCUT2D eigenvalue weighted by atomic mass is 19.1. The van der Waals surface area contributed by atoms with E-state index in [0.29, 0.717) is 16.7 Å². The lowest BCUT2D eigenvalue weighted by molar-refractivity contribution is 0.0587. The van der Waals surface area contributed by atoms with Crippen molar-refractivity contribution in [3.63, 3.8) is 0 Å². The molecule has 3 rings (SSSR count). The summed E-state index contributed by atoms with van der Waals surface area (Å²) in [6.45, 7) is 0.0805. The van der Waals surface area contributed by atoms with Crippen LogP contribution in [0.25, 0.3) is 0 Å². The van der Waals surface area contributed by atoms with Gasteiger partial charge in [-0.1, -0.05) is 24.3 Å². The monoisotopic (exact) mass is 284 g/mol. The van der Waals surface area contributed by atoms with Crippen molar-refractivity contribution in [2.24, 2.45) is 5.73 Å². The summed E-state index contributed by atoms with van der Waals surface area (Å²) < 4.78 is 13.0. The van der Waals surface area contributed by atoms with Crippen molar-refractivity contribution in [2.45, 2.75) is 6.04 Å². The number of nitrogens with zero attached hydrogens (tertiary/aromatic N) is 1. The molecule has 1 heterocycles. The Labute approximate surface area is 121 Å². The Morgan fingerprint density at radius 3 is 1.95 bits per heavy atom. The Bertz CT molecular complexity index is 677. The third-order valence-corrected chi connectivity index (χ3v) is 3.62. The van der Waals surface area contributed by atoms with Crippen LogP contribution in [0.2, 0.25) is 0 Å². The van der Waals surface area contributed by atoms with E-state index in [1.807, 2.05) is 0 Å². The van der Waals surface area contributed by atoms with Crippen molar-refractivity contribution in [2.75, 3.05) is 6.54 Å². The van der Waals surface area contributed by atoms with E-state index in [0.717, 1.165) is 4.90 Å². The molecule has 1 aliphatic heterocycles. The topological polar surface area (TPSA) is 63.4 Å². The van der Waals surface area contributed by atoms with Crippen LogP contribution in [0.1, 0.15) is 32.3 Å². The van der Waals surface area contributed by atoms with Crippen LogP contribution in [0.5, 0.6) is 0 Å². The number of rotatable bonds is 3. The number of fused-ring (bicyclic) bond motifs is 1. The van der Waals surface area contributed by atoms with Crippen LogP contribution >= 0.6 is 0 Å². The van der Waals surface area contributed by atoms with Gasteiger partial charge in [0.25, 0.3) is 11.8 Å². The number of amides is 2. The van der Waals surface area contributed by atoms with Gasteiger partial charge in [0.05, 0.1) is 17.2 Å². The van der Waals surface area contributed by atoms with E-state index in [4.69, 9.17) is 5.73 Å². The first-order chi connectivity index (χ1) is 10.1. The number of hydrogen-bond donors (Lipinski definition) is 1. The Morgan fingerprint density at radius 2 is 1.48 bits per heavy atom. The molecule has 2 amide bonds. The minimum atomic E-state index is -0.599. The van der Waals surface area contributed by atoms with Crippen LogP contribution < -0.4 is 5.73 Å². The fraction of sp³-hybridized carbons (Fsp3) is 0.125. The molecule has 106 valence electrons. The predicted molar refractivity (Wildman–Crippen MR) is 75.1 cm³/mol. The van der Waals surface area contributed by atoms with Gasteiger partial charge in [-0.2, -0.15) is 0 Å². The molecule has 2 N–H and O–H groups in total. The van der Waals surface area contributed by atoms with Crippen molar-refractivity contribution in [3.8, 4) is 0 Å². The predicted octanol–water partition coefficient (Wildman–Crippen LogP) is 2.12. The molecular weight excluding hydrogens is 271 g/mol. The molecule has 2 aromatic carbocycles. The molecule has 0 spiro atoms. The summed E-state index contributed by atoms with van der Waals surface area (Å²) in [7, 11) is 0. The lowest BCUT2D eigenvalue weighted by Gasteiger charge is -2.25. The highest BCUT2D eigenvalue weighted by Crippen LogP contribution is 2.30. The fourth-order valence-electron chi connectivity index (χ4n) is 2.57. The van der Waals surface area contributed by atoms with Gasteiger partial charge >= 0.3 is 0 Å². The van der Waals surface area contributed by atoms with Crippen molar-refractivity contribution in [1.82, 2.24) is 4.90 Å². The maximum Gasteiger partial charge on any atom is 0.262 e. The second-order valence-electron chi connectivity index (χ2n) is 4.83. The van der Waals surface area contributed by atoms with Crippen LogP contribution in [-0.4, -0.2) is 23.3 Å². The Balaban J connectivity index is 2.01. The zero-order valence-electron chi connectivity index (χ0n) is 11.1. The van der Waals surface area contributed by atoms with Gasteiger partial charge in [0.1, 0.15) is 5.82 Å². The Hall–Kier alpha value is -2.53. The molecule has 0 radical (unpaired) electrons. The first kappa shape index (κ1) is 13.5. The SMILES string of the molecule is NC[C@H](c1ccc(F)cc1)N1C(=O)c2ccccc2C1=O. The van der Waals surface area contributed by atoms with Crippen LogP contribution in [-0.2, 0) is 0 Å². The standard InChI is InChI=1S/C16H13FN2O2/c17-11-7-5-10(6-8-11)14(9-18)19-15(20)12-3-1-2-4-13(12)16(19)21/h1-8,14H,9,18H2/t14-/m1/s1. The van der Waals surface area contributed by atoms with E-state index in [1.165, 1.54) is 24.3 Å². The largest absolute Gasteiger partial charge is 0.328 e. The van der Waals surface area contributed by atoms with E-state index in [-0.39, 0.29) is 24.2 Å². The minimum absolute atomic E-state index is 0.0805. The second-order valence-corrected chi connectivity index (χ2v) is 4.83. The number of imide groups is 1. The lowest BCUT2D eigenvalue weighted by Crippen LogP contribution is -2.38. The van der Waals surface area contributed by atoms with Gasteiger partial charge in [0.2, 0.25) is 0 Å². The van der Waals surface area contributed by atoms with Gasteiger partial charge in [0.15, 0.2) is 0 Å². The van der Waals surface area contributed by atoms with Gasteiger partial charge < -0.3 is 5.73 Å². The molecule has 4 nitrogen and oxygen atoms in total. The lowest BCUT2D eigenvalue weighted by atomic mass is 10.1. The van der Waals surface area contributed by atoms with Gasteiger partial charge in [-0.15, -0.1) is 0 Å². The summed E-state index contributed by atoms with van der Waals surface area (Å²) >= 11 is 0. The van der Waals surface area contributed by atoms with Crippen molar-refractivity contribution < 1.29 is 14.0 Å². The molecule has 5 heteroatoms. The van der Waals surface area contributed by atoms with Crippen LogP contribution in [0, 0.1) is 5.82 Å². The number of nitrogens with two attached hydrogens (primary N) is 1. The van der Waals surface area contributed by atoms with E-state index in [1.54, 1.807) is 24.3 Å². The molecule has 0 saturated heterocycles. The fourth-order valence-corrected chi connectivity index (χ4v) is 2.57. The summed E-state index contributed by atoms with van der Waals surface area (Å²) in [6, 6.07) is 11.7. The quantitative estimate of drug-likeness (QED) is 0.878. The molecule has 1 aliphatic rings. The molecule has 1 atom stereocenters. The highest BCUT2D eigenvalue weighted by Gasteiger charge is 2.39. The van der Waals surface area contributed by atoms with Gasteiger partial charge in [-0.3, -0.25) is 14.5 Å². The van der Waals surface area contributed by atoms with E-state index in [9.17, 15) is 14.0 Å². The molecule has 0 saturated carbocycles. The van der Waals surface area contributed by atoms with Crippen LogP contribution in [0.15, 0.2) is 48.5 Å². The summed E-state index contributed by atoms with van der Waals surface area (Å²) in [5.41, 5.74) is 7.13. The smallest absolute Gasteiger partial charge is 0.262 e. The zero-order chi connectivity index (χ0) is 15.0. The molecule has 0 unspecified atom stereocenters. The molecule has 0 fully saturated rings. The molecule has 2 aromatic rings. The van der Waals surface area contributed by atoms with E-state index >= 15 is 0 Å². The second kappa shape index (κ2) is 5.10. The number of hydrogen-bond acceptors (Lipinski definition) is 3. The summed E-state index contributed by atoms with van der Waals surface area (Å²) in [4.78, 5) is 26.0. The summed E-state index contributed by atoms with van der Waals surface area (Å²) in [5.74, 6) is -1.11. The number of carbonyl (C=O) groups excluding carboxylic acids is 2. The maximum absolute atomic E-state index is 13.0. The maximum atomic E-state index is 13.0. The third kappa shape index (κ3) is 2.11. The van der Waals surface area contributed by atoms with E-state index < -0.39 is 6.04 Å². The van der Waals surface area contributed by atoms with Crippen molar-refractivity contribution >= 4 is 11.8 Å². The van der Waals surface area contributed by atoms with E-state index in [2.05, 4.69) is 0 Å². The average molecular weight is 284 g/mol. The van der Waals surface area contributed by atoms with Crippen molar-refractivity contribution in [3.05, 3.63) is 71.0 Å². The minimum Gasteiger partial charge on any atom is -0.328 e.